The fourth-order valence-corrected chi connectivity index (χ4v) is 8.80. The molecule has 37 heavy (non-hydrogen) atoms. The molecule has 0 radical (unpaired) electrons. The number of fused-ring (bicyclic) bond motifs is 4. The van der Waals surface area contributed by atoms with Crippen LogP contribution in [0.4, 0.5) is 8.78 Å². The van der Waals surface area contributed by atoms with E-state index in [1.165, 1.54) is 24.6 Å². The zero-order valence-corrected chi connectivity index (χ0v) is 20.9. The molecule has 0 aromatic heterocycles. The van der Waals surface area contributed by atoms with E-state index in [9.17, 15) is 23.5 Å². The Bertz CT molecular complexity index is 1180. The maximum absolute atomic E-state index is 13.3. The van der Waals surface area contributed by atoms with Crippen LogP contribution in [0.5, 0.6) is 17.2 Å². The first kappa shape index (κ1) is 23.5. The SMILES string of the molecule is CC1C2CC1C1(C)C(C(=O)NC34CCC(NC(=O)COc5ccc6c(c5)OC(F)(F)O6)(CC3)[C@@H](O)C4)C21. The summed E-state index contributed by atoms with van der Waals surface area (Å²) in [6.07, 6.45) is -0.302. The van der Waals surface area contributed by atoms with Crippen molar-refractivity contribution in [1.82, 2.24) is 10.6 Å². The minimum absolute atomic E-state index is 0.103. The third kappa shape index (κ3) is 3.26. The van der Waals surface area contributed by atoms with Crippen molar-refractivity contribution in [1.29, 1.82) is 0 Å². The highest BCUT2D eigenvalue weighted by Crippen LogP contribution is 2.83. The van der Waals surface area contributed by atoms with Gasteiger partial charge in [-0.05, 0) is 79.7 Å². The Morgan fingerprint density at radius 1 is 1.14 bits per heavy atom. The van der Waals surface area contributed by atoms with Crippen LogP contribution in [0.1, 0.15) is 52.4 Å². The predicted octanol–water partition coefficient (Wildman–Crippen LogP) is 2.97. The number of carbonyl (C=O) groups is 2. The third-order valence-corrected chi connectivity index (χ3v) is 10.9. The van der Waals surface area contributed by atoms with E-state index in [0.717, 1.165) is 5.92 Å². The number of amides is 2. The number of aliphatic hydroxyl groups excluding tert-OH is 1. The number of ether oxygens (including phenoxy) is 3. The van der Waals surface area contributed by atoms with Gasteiger partial charge in [0.1, 0.15) is 5.75 Å². The van der Waals surface area contributed by atoms with Gasteiger partial charge in [-0.3, -0.25) is 9.59 Å². The van der Waals surface area contributed by atoms with Gasteiger partial charge in [-0.1, -0.05) is 13.8 Å². The maximum atomic E-state index is 13.3. The van der Waals surface area contributed by atoms with Crippen molar-refractivity contribution < 1.29 is 37.7 Å². The molecule has 7 saturated carbocycles. The maximum Gasteiger partial charge on any atom is 0.586 e. The Kier molecular flexibility index (Phi) is 4.62. The Morgan fingerprint density at radius 3 is 2.51 bits per heavy atom. The highest BCUT2D eigenvalue weighted by Gasteiger charge is 2.81. The first-order valence-electron chi connectivity index (χ1n) is 13.3. The van der Waals surface area contributed by atoms with Crippen LogP contribution in [0, 0.1) is 35.0 Å². The van der Waals surface area contributed by atoms with Crippen LogP contribution in [0.25, 0.3) is 0 Å². The average Bonchev–Trinajstić information content (AvgIpc) is 3.04. The minimum Gasteiger partial charge on any atom is -0.484 e. The van der Waals surface area contributed by atoms with Crippen LogP contribution in [0.15, 0.2) is 18.2 Å². The number of carbonyl (C=O) groups excluding carboxylic acids is 2. The molecular weight excluding hydrogens is 486 g/mol. The largest absolute Gasteiger partial charge is 0.586 e. The van der Waals surface area contributed by atoms with Crippen LogP contribution in [0.2, 0.25) is 0 Å². The van der Waals surface area contributed by atoms with E-state index < -0.39 is 29.4 Å². The number of halogens is 2. The number of hydrogen-bond donors (Lipinski definition) is 3. The summed E-state index contributed by atoms with van der Waals surface area (Å²) in [6, 6.07) is 3.95. The summed E-state index contributed by atoms with van der Waals surface area (Å²) in [7, 11) is 0. The highest BCUT2D eigenvalue weighted by atomic mass is 19.3. The van der Waals surface area contributed by atoms with Gasteiger partial charge in [0.15, 0.2) is 18.1 Å². The van der Waals surface area contributed by atoms with Gasteiger partial charge in [0.25, 0.3) is 5.91 Å². The van der Waals surface area contributed by atoms with Crippen LogP contribution >= 0.6 is 0 Å². The van der Waals surface area contributed by atoms with E-state index >= 15 is 0 Å². The molecule has 0 spiro atoms. The third-order valence-electron chi connectivity index (χ3n) is 10.9. The minimum atomic E-state index is -3.72. The number of aliphatic hydroxyl groups is 1. The molecule has 9 rings (SSSR count). The first-order chi connectivity index (χ1) is 17.5. The molecule has 6 unspecified atom stereocenters. The van der Waals surface area contributed by atoms with E-state index in [-0.39, 0.29) is 41.1 Å². The monoisotopic (exact) mass is 518 g/mol. The Labute approximate surface area is 213 Å². The molecule has 7 aliphatic carbocycles. The molecule has 1 aromatic rings. The average molecular weight is 519 g/mol. The van der Waals surface area contributed by atoms with Gasteiger partial charge in [-0.15, -0.1) is 8.78 Å². The molecule has 4 bridgehead atoms. The fraction of sp³-hybridized carbons (Fsp3) is 0.704. The van der Waals surface area contributed by atoms with Gasteiger partial charge in [-0.25, -0.2) is 0 Å². The molecule has 1 heterocycles. The lowest BCUT2D eigenvalue weighted by Gasteiger charge is -2.56. The molecule has 2 amide bonds. The second-order valence-corrected chi connectivity index (χ2v) is 12.5. The van der Waals surface area contributed by atoms with E-state index in [0.29, 0.717) is 49.9 Å². The standard InChI is InChI=1S/C27H32F2N2O6/c1-13-15-10-16(13)24(2)21(15)22(24)23(34)31-25-5-7-26(8-6-25,19(32)11-25)30-20(33)12-35-14-3-4-17-18(9-14)37-27(28,29)36-17/h3-4,9,13,15-16,19,21-22,32H,5-8,10-12H2,1-2H3,(H,30,33)(H,31,34)/t13?,15?,16?,19-,21?,22?,24?,25?,26?/m0/s1. The predicted molar refractivity (Wildman–Crippen MR) is 125 cm³/mol. The lowest BCUT2D eigenvalue weighted by atomic mass is 9.59. The Morgan fingerprint density at radius 2 is 1.86 bits per heavy atom. The van der Waals surface area contributed by atoms with Crippen molar-refractivity contribution in [3.05, 3.63) is 18.2 Å². The van der Waals surface area contributed by atoms with Crippen molar-refractivity contribution >= 4 is 11.8 Å². The second kappa shape index (κ2) is 7.27. The number of hydrogen-bond acceptors (Lipinski definition) is 6. The highest BCUT2D eigenvalue weighted by molar-refractivity contribution is 5.85. The van der Waals surface area contributed by atoms with Crippen molar-refractivity contribution in [2.75, 3.05) is 6.61 Å². The topological polar surface area (TPSA) is 106 Å². The zero-order valence-electron chi connectivity index (χ0n) is 20.9. The van der Waals surface area contributed by atoms with Gasteiger partial charge in [0.05, 0.1) is 11.6 Å². The Balaban J connectivity index is 0.938. The summed E-state index contributed by atoms with van der Waals surface area (Å²) in [5, 5.41) is 17.4. The molecule has 1 aromatic carbocycles. The van der Waals surface area contributed by atoms with Gasteiger partial charge < -0.3 is 30.0 Å². The van der Waals surface area contributed by atoms with Crippen LogP contribution in [-0.4, -0.2) is 47.0 Å². The number of benzene rings is 1. The fourth-order valence-electron chi connectivity index (χ4n) is 8.80. The molecular formula is C27H32F2N2O6. The van der Waals surface area contributed by atoms with Gasteiger partial charge in [0.2, 0.25) is 5.91 Å². The molecule has 8 aliphatic rings. The molecule has 0 saturated heterocycles. The summed E-state index contributed by atoms with van der Waals surface area (Å²) in [4.78, 5) is 26.0. The van der Waals surface area contributed by atoms with Crippen molar-refractivity contribution in [2.45, 2.75) is 75.8 Å². The summed E-state index contributed by atoms with van der Waals surface area (Å²) in [6.45, 7) is 4.26. The summed E-state index contributed by atoms with van der Waals surface area (Å²) < 4.78 is 40.7. The Hall–Kier alpha value is -2.62. The van der Waals surface area contributed by atoms with Crippen LogP contribution < -0.4 is 24.8 Å². The second-order valence-electron chi connectivity index (χ2n) is 12.5. The smallest absolute Gasteiger partial charge is 0.484 e. The van der Waals surface area contributed by atoms with Crippen molar-refractivity contribution in [3.63, 3.8) is 0 Å². The molecule has 10 heteroatoms. The van der Waals surface area contributed by atoms with Gasteiger partial charge in [-0.2, -0.15) is 0 Å². The van der Waals surface area contributed by atoms with Crippen molar-refractivity contribution in [3.8, 4) is 17.2 Å². The number of alkyl halides is 2. The van der Waals surface area contributed by atoms with Gasteiger partial charge >= 0.3 is 6.29 Å². The van der Waals surface area contributed by atoms with Crippen LogP contribution in [0.3, 0.4) is 0 Å². The first-order valence-corrected chi connectivity index (χ1v) is 13.3. The summed E-state index contributed by atoms with van der Waals surface area (Å²) >= 11 is 0. The van der Waals surface area contributed by atoms with Crippen LogP contribution in [-0.2, 0) is 9.59 Å². The molecule has 7 atom stereocenters. The zero-order chi connectivity index (χ0) is 26.0. The number of rotatable bonds is 6. The molecule has 8 nitrogen and oxygen atoms in total. The lowest BCUT2D eigenvalue weighted by molar-refractivity contribution is -0.286. The quantitative estimate of drug-likeness (QED) is 0.535. The molecule has 1 aliphatic heterocycles. The van der Waals surface area contributed by atoms with Gasteiger partial charge in [0, 0.05) is 17.5 Å². The summed E-state index contributed by atoms with van der Waals surface area (Å²) in [5.41, 5.74) is -1.02. The molecule has 7 fully saturated rings. The molecule has 200 valence electrons. The van der Waals surface area contributed by atoms with E-state index in [4.69, 9.17) is 4.74 Å². The lowest BCUT2D eigenvalue weighted by Crippen LogP contribution is -2.70. The van der Waals surface area contributed by atoms with Crippen molar-refractivity contribution in [2.24, 2.45) is 35.0 Å². The van der Waals surface area contributed by atoms with E-state index in [1.807, 2.05) is 0 Å². The normalized spacial score (nSPS) is 45.0. The van der Waals surface area contributed by atoms with E-state index in [1.54, 1.807) is 0 Å². The number of nitrogens with one attached hydrogen (secondary N) is 2. The molecule has 3 N–H and O–H groups in total. The summed E-state index contributed by atoms with van der Waals surface area (Å²) in [5.74, 6) is 2.38. The van der Waals surface area contributed by atoms with E-state index in [2.05, 4.69) is 34.0 Å².